The second kappa shape index (κ2) is 8.22. The molecule has 1 saturated heterocycles. The highest BCUT2D eigenvalue weighted by Crippen LogP contribution is 2.25. The molecule has 1 aliphatic rings. The molecule has 1 aliphatic heterocycles. The standard InChI is InChI=1S/C19H27N5/c1-15-21-9-6-19(23-15)16-4-3-5-18(14-16)24-12-7-17(8-13-24)22-11-10-20-2/h3-6,9,14,17,20,22H,7-8,10-13H2,1-2H3. The number of likely N-dealkylation sites (N-methyl/N-ethyl adjacent to an activating group) is 1. The smallest absolute Gasteiger partial charge is 0.125 e. The molecule has 5 nitrogen and oxygen atoms in total. The third-order valence-corrected chi connectivity index (χ3v) is 4.59. The van der Waals surface area contributed by atoms with Gasteiger partial charge in [-0.25, -0.2) is 9.97 Å². The highest BCUT2D eigenvalue weighted by Gasteiger charge is 2.19. The molecule has 0 spiro atoms. The highest BCUT2D eigenvalue weighted by molar-refractivity contribution is 5.65. The Labute approximate surface area is 144 Å². The van der Waals surface area contributed by atoms with Crippen LogP contribution in [0, 0.1) is 6.92 Å². The van der Waals surface area contributed by atoms with Gasteiger partial charge in [0.2, 0.25) is 0 Å². The van der Waals surface area contributed by atoms with Crippen LogP contribution in [0.3, 0.4) is 0 Å². The van der Waals surface area contributed by atoms with Crippen LogP contribution in [0.15, 0.2) is 36.5 Å². The predicted molar refractivity (Wildman–Crippen MR) is 99.4 cm³/mol. The van der Waals surface area contributed by atoms with Crippen molar-refractivity contribution in [3.63, 3.8) is 0 Å². The number of aryl methyl sites for hydroxylation is 1. The van der Waals surface area contributed by atoms with E-state index in [0.717, 1.165) is 43.3 Å². The number of nitrogens with one attached hydrogen (secondary N) is 2. The Bertz CT molecular complexity index is 650. The number of piperidine rings is 1. The van der Waals surface area contributed by atoms with Crippen molar-refractivity contribution in [2.24, 2.45) is 0 Å². The number of nitrogens with zero attached hydrogens (tertiary/aromatic N) is 3. The molecular formula is C19H27N5. The Hall–Kier alpha value is -1.98. The van der Waals surface area contributed by atoms with Gasteiger partial charge < -0.3 is 15.5 Å². The van der Waals surface area contributed by atoms with E-state index >= 15 is 0 Å². The summed E-state index contributed by atoms with van der Waals surface area (Å²) in [7, 11) is 2.00. The Morgan fingerprint density at radius 2 is 2.00 bits per heavy atom. The molecular weight excluding hydrogens is 298 g/mol. The first-order valence-corrected chi connectivity index (χ1v) is 8.79. The molecule has 2 heterocycles. The molecule has 0 bridgehead atoms. The lowest BCUT2D eigenvalue weighted by molar-refractivity contribution is 0.415. The lowest BCUT2D eigenvalue weighted by Crippen LogP contribution is -2.44. The first kappa shape index (κ1) is 16.9. The van der Waals surface area contributed by atoms with Crippen LogP contribution in [0.25, 0.3) is 11.3 Å². The van der Waals surface area contributed by atoms with Gasteiger partial charge in [0.15, 0.2) is 0 Å². The van der Waals surface area contributed by atoms with E-state index in [1.807, 2.05) is 26.2 Å². The van der Waals surface area contributed by atoms with E-state index in [1.165, 1.54) is 18.5 Å². The maximum absolute atomic E-state index is 4.54. The maximum Gasteiger partial charge on any atom is 0.125 e. The monoisotopic (exact) mass is 325 g/mol. The molecule has 0 atom stereocenters. The summed E-state index contributed by atoms with van der Waals surface area (Å²) in [5.74, 6) is 0.811. The quantitative estimate of drug-likeness (QED) is 0.798. The van der Waals surface area contributed by atoms with Crippen LogP contribution in [0.1, 0.15) is 18.7 Å². The molecule has 0 unspecified atom stereocenters. The summed E-state index contributed by atoms with van der Waals surface area (Å²) in [6.07, 6.45) is 4.22. The van der Waals surface area contributed by atoms with E-state index in [4.69, 9.17) is 0 Å². The molecule has 1 aromatic carbocycles. The van der Waals surface area contributed by atoms with Crippen LogP contribution in [-0.2, 0) is 0 Å². The first-order chi connectivity index (χ1) is 11.8. The zero-order valence-electron chi connectivity index (χ0n) is 14.6. The molecule has 1 aromatic heterocycles. The van der Waals surface area contributed by atoms with Crippen molar-refractivity contribution in [3.8, 4) is 11.3 Å². The number of aromatic nitrogens is 2. The molecule has 0 radical (unpaired) electrons. The molecule has 5 heteroatoms. The van der Waals surface area contributed by atoms with Crippen LogP contribution < -0.4 is 15.5 Å². The minimum Gasteiger partial charge on any atom is -0.371 e. The third kappa shape index (κ3) is 4.30. The van der Waals surface area contributed by atoms with Crippen molar-refractivity contribution >= 4 is 5.69 Å². The molecule has 1 fully saturated rings. The minimum absolute atomic E-state index is 0.641. The van der Waals surface area contributed by atoms with Crippen LogP contribution >= 0.6 is 0 Å². The van der Waals surface area contributed by atoms with Gasteiger partial charge in [-0.1, -0.05) is 12.1 Å². The summed E-state index contributed by atoms with van der Waals surface area (Å²) in [6.45, 7) is 6.20. The predicted octanol–water partition coefficient (Wildman–Crippen LogP) is 2.23. The molecule has 24 heavy (non-hydrogen) atoms. The largest absolute Gasteiger partial charge is 0.371 e. The summed E-state index contributed by atoms with van der Waals surface area (Å²) >= 11 is 0. The molecule has 0 aliphatic carbocycles. The second-order valence-electron chi connectivity index (χ2n) is 6.36. The van der Waals surface area contributed by atoms with Crippen molar-refractivity contribution in [3.05, 3.63) is 42.4 Å². The zero-order chi connectivity index (χ0) is 16.8. The van der Waals surface area contributed by atoms with Crippen LogP contribution in [0.5, 0.6) is 0 Å². The van der Waals surface area contributed by atoms with E-state index < -0.39 is 0 Å². The molecule has 3 rings (SSSR count). The van der Waals surface area contributed by atoms with Crippen LogP contribution in [0.4, 0.5) is 5.69 Å². The van der Waals surface area contributed by atoms with Crippen LogP contribution in [0.2, 0.25) is 0 Å². The SMILES string of the molecule is CNCCNC1CCN(c2cccc(-c3ccnc(C)n3)c2)CC1. The number of benzene rings is 1. The van der Waals surface area contributed by atoms with Gasteiger partial charge in [0.1, 0.15) is 5.82 Å². The van der Waals surface area contributed by atoms with E-state index in [0.29, 0.717) is 6.04 Å². The minimum atomic E-state index is 0.641. The Balaban J connectivity index is 1.63. The first-order valence-electron chi connectivity index (χ1n) is 8.79. The Morgan fingerprint density at radius 1 is 1.17 bits per heavy atom. The van der Waals surface area contributed by atoms with E-state index in [9.17, 15) is 0 Å². The summed E-state index contributed by atoms with van der Waals surface area (Å²) in [6, 6.07) is 11.3. The lowest BCUT2D eigenvalue weighted by atomic mass is 10.0. The summed E-state index contributed by atoms with van der Waals surface area (Å²) < 4.78 is 0. The fourth-order valence-corrected chi connectivity index (χ4v) is 3.22. The van der Waals surface area contributed by atoms with Gasteiger partial charge in [-0.3, -0.25) is 0 Å². The Kier molecular flexibility index (Phi) is 5.77. The third-order valence-electron chi connectivity index (χ3n) is 4.59. The van der Waals surface area contributed by atoms with Gasteiger partial charge in [0.25, 0.3) is 0 Å². The molecule has 0 amide bonds. The number of hydrogen-bond acceptors (Lipinski definition) is 5. The van der Waals surface area contributed by atoms with Gasteiger partial charge in [0.05, 0.1) is 5.69 Å². The van der Waals surface area contributed by atoms with Gasteiger partial charge in [-0.05, 0) is 45.0 Å². The van der Waals surface area contributed by atoms with Crippen molar-refractivity contribution < 1.29 is 0 Å². The van der Waals surface area contributed by atoms with E-state index in [1.54, 1.807) is 0 Å². The fourth-order valence-electron chi connectivity index (χ4n) is 3.22. The van der Waals surface area contributed by atoms with E-state index in [2.05, 4.69) is 49.8 Å². The van der Waals surface area contributed by atoms with E-state index in [-0.39, 0.29) is 0 Å². The van der Waals surface area contributed by atoms with Gasteiger partial charge >= 0.3 is 0 Å². The van der Waals surface area contributed by atoms with Crippen molar-refractivity contribution in [2.45, 2.75) is 25.8 Å². The summed E-state index contributed by atoms with van der Waals surface area (Å²) in [5, 5.41) is 6.82. The van der Waals surface area contributed by atoms with Crippen LogP contribution in [-0.4, -0.2) is 49.2 Å². The van der Waals surface area contributed by atoms with Crippen molar-refractivity contribution in [2.75, 3.05) is 38.1 Å². The van der Waals surface area contributed by atoms with Crippen molar-refractivity contribution in [1.29, 1.82) is 0 Å². The molecule has 2 N–H and O–H groups in total. The molecule has 2 aromatic rings. The average Bonchev–Trinajstić information content (AvgIpc) is 2.63. The van der Waals surface area contributed by atoms with Gasteiger partial charge in [0, 0.05) is 49.7 Å². The number of hydrogen-bond donors (Lipinski definition) is 2. The maximum atomic E-state index is 4.54. The summed E-state index contributed by atoms with van der Waals surface area (Å²) in [5.41, 5.74) is 3.44. The molecule has 0 saturated carbocycles. The van der Waals surface area contributed by atoms with Gasteiger partial charge in [-0.15, -0.1) is 0 Å². The fraction of sp³-hybridized carbons (Fsp3) is 0.474. The molecule has 128 valence electrons. The normalized spacial score (nSPS) is 15.7. The highest BCUT2D eigenvalue weighted by atomic mass is 15.1. The number of anilines is 1. The van der Waals surface area contributed by atoms with Crippen molar-refractivity contribution in [1.82, 2.24) is 20.6 Å². The zero-order valence-corrected chi connectivity index (χ0v) is 14.6. The Morgan fingerprint density at radius 3 is 2.75 bits per heavy atom. The van der Waals surface area contributed by atoms with Gasteiger partial charge in [-0.2, -0.15) is 0 Å². The average molecular weight is 325 g/mol. The lowest BCUT2D eigenvalue weighted by Gasteiger charge is -2.34. The second-order valence-corrected chi connectivity index (χ2v) is 6.36. The topological polar surface area (TPSA) is 53.1 Å². The summed E-state index contributed by atoms with van der Waals surface area (Å²) in [4.78, 5) is 11.2. The number of rotatable bonds is 6.